The topological polar surface area (TPSA) is 21.3 Å². The minimum absolute atomic E-state index is 0.172. The van der Waals surface area contributed by atoms with Gasteiger partial charge in [0, 0.05) is 19.8 Å². The van der Waals surface area contributed by atoms with Crippen LogP contribution in [-0.2, 0) is 4.74 Å². The quantitative estimate of drug-likeness (QED) is 0.780. The smallest absolute Gasteiger partial charge is 0.123 e. The SMILES string of the molecule is CCNC(CCOC)c1cccc(F)c1. The van der Waals surface area contributed by atoms with Crippen molar-refractivity contribution in [2.24, 2.45) is 0 Å². The van der Waals surface area contributed by atoms with Crippen LogP contribution >= 0.6 is 0 Å². The van der Waals surface area contributed by atoms with Crippen LogP contribution in [0.3, 0.4) is 0 Å². The highest BCUT2D eigenvalue weighted by atomic mass is 19.1. The van der Waals surface area contributed by atoms with Gasteiger partial charge in [0.1, 0.15) is 5.82 Å². The van der Waals surface area contributed by atoms with Gasteiger partial charge in [-0.25, -0.2) is 4.39 Å². The van der Waals surface area contributed by atoms with Gasteiger partial charge >= 0.3 is 0 Å². The number of halogens is 1. The van der Waals surface area contributed by atoms with Crippen molar-refractivity contribution in [1.82, 2.24) is 5.32 Å². The first kappa shape index (κ1) is 12.1. The minimum Gasteiger partial charge on any atom is -0.385 e. The fourth-order valence-electron chi connectivity index (χ4n) is 1.59. The van der Waals surface area contributed by atoms with Crippen LogP contribution < -0.4 is 5.32 Å². The molecule has 0 aliphatic rings. The Bertz CT molecular complexity index is 291. The highest BCUT2D eigenvalue weighted by Crippen LogP contribution is 2.17. The van der Waals surface area contributed by atoms with Crippen molar-refractivity contribution in [3.63, 3.8) is 0 Å². The normalized spacial score (nSPS) is 12.7. The summed E-state index contributed by atoms with van der Waals surface area (Å²) < 4.78 is 18.1. The summed E-state index contributed by atoms with van der Waals surface area (Å²) in [6.07, 6.45) is 0.855. The maximum atomic E-state index is 13.0. The second-order valence-corrected chi connectivity index (χ2v) is 3.45. The van der Waals surface area contributed by atoms with Crippen LogP contribution in [0.4, 0.5) is 4.39 Å². The summed E-state index contributed by atoms with van der Waals surface area (Å²) in [5.74, 6) is -0.187. The Morgan fingerprint density at radius 3 is 2.87 bits per heavy atom. The summed E-state index contributed by atoms with van der Waals surface area (Å²) in [5.41, 5.74) is 0.980. The average molecular weight is 211 g/mol. The number of nitrogens with one attached hydrogen (secondary N) is 1. The van der Waals surface area contributed by atoms with Crippen LogP contribution in [0.25, 0.3) is 0 Å². The zero-order valence-electron chi connectivity index (χ0n) is 9.29. The lowest BCUT2D eigenvalue weighted by Crippen LogP contribution is -2.22. The molecule has 1 aromatic carbocycles. The van der Waals surface area contributed by atoms with Gasteiger partial charge in [0.05, 0.1) is 0 Å². The van der Waals surface area contributed by atoms with Gasteiger partial charge in [-0.2, -0.15) is 0 Å². The van der Waals surface area contributed by atoms with E-state index in [0.29, 0.717) is 6.61 Å². The van der Waals surface area contributed by atoms with Crippen molar-refractivity contribution >= 4 is 0 Å². The molecule has 0 aliphatic carbocycles. The van der Waals surface area contributed by atoms with E-state index >= 15 is 0 Å². The lowest BCUT2D eigenvalue weighted by molar-refractivity contribution is 0.183. The van der Waals surface area contributed by atoms with Crippen molar-refractivity contribution < 1.29 is 9.13 Å². The first-order valence-corrected chi connectivity index (χ1v) is 5.25. The maximum absolute atomic E-state index is 13.0. The van der Waals surface area contributed by atoms with E-state index in [1.807, 2.05) is 13.0 Å². The molecule has 0 heterocycles. The van der Waals surface area contributed by atoms with E-state index in [0.717, 1.165) is 18.5 Å². The van der Waals surface area contributed by atoms with Crippen LogP contribution in [0.2, 0.25) is 0 Å². The van der Waals surface area contributed by atoms with E-state index in [1.165, 1.54) is 6.07 Å². The lowest BCUT2D eigenvalue weighted by atomic mass is 10.0. The van der Waals surface area contributed by atoms with Crippen LogP contribution in [-0.4, -0.2) is 20.3 Å². The Morgan fingerprint density at radius 1 is 1.47 bits per heavy atom. The number of hydrogen-bond acceptors (Lipinski definition) is 2. The molecule has 1 N–H and O–H groups in total. The summed E-state index contributed by atoms with van der Waals surface area (Å²) >= 11 is 0. The molecular weight excluding hydrogens is 193 g/mol. The second kappa shape index (κ2) is 6.53. The summed E-state index contributed by atoms with van der Waals surface area (Å²) in [7, 11) is 1.68. The molecule has 0 amide bonds. The average Bonchev–Trinajstić information content (AvgIpc) is 2.24. The molecule has 1 atom stereocenters. The van der Waals surface area contributed by atoms with Crippen LogP contribution in [0, 0.1) is 5.82 Å². The molecule has 0 fully saturated rings. The second-order valence-electron chi connectivity index (χ2n) is 3.45. The number of ether oxygens (including phenoxy) is 1. The fraction of sp³-hybridized carbons (Fsp3) is 0.500. The predicted molar refractivity (Wildman–Crippen MR) is 59.3 cm³/mol. The van der Waals surface area contributed by atoms with Crippen molar-refractivity contribution in [3.05, 3.63) is 35.6 Å². The monoisotopic (exact) mass is 211 g/mol. The van der Waals surface area contributed by atoms with Gasteiger partial charge in [0.15, 0.2) is 0 Å². The number of rotatable bonds is 6. The number of hydrogen-bond donors (Lipinski definition) is 1. The molecule has 2 nitrogen and oxygen atoms in total. The number of benzene rings is 1. The van der Waals surface area contributed by atoms with E-state index in [1.54, 1.807) is 19.2 Å². The van der Waals surface area contributed by atoms with E-state index < -0.39 is 0 Å². The summed E-state index contributed by atoms with van der Waals surface area (Å²) in [4.78, 5) is 0. The van der Waals surface area contributed by atoms with Gasteiger partial charge in [-0.05, 0) is 30.7 Å². The summed E-state index contributed by atoms with van der Waals surface area (Å²) in [6, 6.07) is 6.88. The summed E-state index contributed by atoms with van der Waals surface area (Å²) in [6.45, 7) is 3.58. The standard InChI is InChI=1S/C12H18FNO/c1-3-14-12(7-8-15-2)10-5-4-6-11(13)9-10/h4-6,9,12,14H,3,7-8H2,1-2H3. The van der Waals surface area contributed by atoms with Gasteiger partial charge in [-0.1, -0.05) is 19.1 Å². The van der Waals surface area contributed by atoms with Crippen molar-refractivity contribution in [1.29, 1.82) is 0 Å². The highest BCUT2D eigenvalue weighted by Gasteiger charge is 2.09. The molecule has 1 aromatic rings. The summed E-state index contributed by atoms with van der Waals surface area (Å²) in [5, 5.41) is 3.31. The third-order valence-corrected chi connectivity index (χ3v) is 2.31. The molecule has 0 saturated heterocycles. The third kappa shape index (κ3) is 3.98. The molecule has 3 heteroatoms. The zero-order valence-corrected chi connectivity index (χ0v) is 9.29. The maximum Gasteiger partial charge on any atom is 0.123 e. The van der Waals surface area contributed by atoms with Gasteiger partial charge < -0.3 is 10.1 Å². The van der Waals surface area contributed by atoms with E-state index in [4.69, 9.17) is 4.74 Å². The van der Waals surface area contributed by atoms with E-state index in [9.17, 15) is 4.39 Å². The van der Waals surface area contributed by atoms with Gasteiger partial charge in [0.2, 0.25) is 0 Å². The molecule has 84 valence electrons. The molecule has 0 spiro atoms. The van der Waals surface area contributed by atoms with Crippen LogP contribution in [0.1, 0.15) is 24.9 Å². The van der Waals surface area contributed by atoms with Crippen molar-refractivity contribution in [2.45, 2.75) is 19.4 Å². The largest absolute Gasteiger partial charge is 0.385 e. The Balaban J connectivity index is 2.69. The van der Waals surface area contributed by atoms with Gasteiger partial charge in [-0.15, -0.1) is 0 Å². The Labute approximate surface area is 90.4 Å². The molecule has 1 unspecified atom stereocenters. The molecule has 0 aliphatic heterocycles. The van der Waals surface area contributed by atoms with Crippen LogP contribution in [0.15, 0.2) is 24.3 Å². The molecule has 15 heavy (non-hydrogen) atoms. The Hall–Kier alpha value is -0.930. The molecule has 0 aromatic heterocycles. The van der Waals surface area contributed by atoms with E-state index in [-0.39, 0.29) is 11.9 Å². The lowest BCUT2D eigenvalue weighted by Gasteiger charge is -2.17. The first-order chi connectivity index (χ1) is 7.27. The Kier molecular flexibility index (Phi) is 5.29. The Morgan fingerprint density at radius 2 is 2.27 bits per heavy atom. The molecule has 0 radical (unpaired) electrons. The molecule has 1 rings (SSSR count). The zero-order chi connectivity index (χ0) is 11.1. The molecular formula is C12H18FNO. The molecule has 0 saturated carbocycles. The first-order valence-electron chi connectivity index (χ1n) is 5.25. The van der Waals surface area contributed by atoms with Crippen molar-refractivity contribution in [2.75, 3.05) is 20.3 Å². The minimum atomic E-state index is -0.187. The van der Waals surface area contributed by atoms with E-state index in [2.05, 4.69) is 5.32 Å². The van der Waals surface area contributed by atoms with Crippen molar-refractivity contribution in [3.8, 4) is 0 Å². The van der Waals surface area contributed by atoms with Crippen LogP contribution in [0.5, 0.6) is 0 Å². The molecule has 0 bridgehead atoms. The fourth-order valence-corrected chi connectivity index (χ4v) is 1.59. The van der Waals surface area contributed by atoms with Gasteiger partial charge in [-0.3, -0.25) is 0 Å². The van der Waals surface area contributed by atoms with Gasteiger partial charge in [0.25, 0.3) is 0 Å². The highest BCUT2D eigenvalue weighted by molar-refractivity contribution is 5.20. The number of methoxy groups -OCH3 is 1. The predicted octanol–water partition coefficient (Wildman–Crippen LogP) is 2.51. The third-order valence-electron chi connectivity index (χ3n) is 2.31.